The lowest BCUT2D eigenvalue weighted by atomic mass is 9.87. The minimum Gasteiger partial charge on any atom is -0.375 e. The Bertz CT molecular complexity index is 724. The molecule has 2 heterocycles. The van der Waals surface area contributed by atoms with Crippen LogP contribution in [0, 0.1) is 11.3 Å². The number of nitrogens with zero attached hydrogens (tertiary/aromatic N) is 1. The van der Waals surface area contributed by atoms with E-state index in [1.165, 1.54) is 5.56 Å². The van der Waals surface area contributed by atoms with Crippen LogP contribution in [0.1, 0.15) is 28.8 Å². The van der Waals surface area contributed by atoms with E-state index < -0.39 is 0 Å². The highest BCUT2D eigenvalue weighted by Gasteiger charge is 2.42. The maximum Gasteiger partial charge on any atom is 0.148 e. The lowest BCUT2D eigenvalue weighted by Crippen LogP contribution is -2.34. The Hall–Kier alpha value is -2.35. The van der Waals surface area contributed by atoms with E-state index >= 15 is 0 Å². The van der Waals surface area contributed by atoms with Gasteiger partial charge in [-0.05, 0) is 23.3 Å². The normalized spacial score (nSPS) is 25.7. The largest absolute Gasteiger partial charge is 0.375 e. The lowest BCUT2D eigenvalue weighted by molar-refractivity contribution is 0.0367. The molecule has 4 heteroatoms. The van der Waals surface area contributed by atoms with E-state index in [0.29, 0.717) is 13.2 Å². The van der Waals surface area contributed by atoms with Gasteiger partial charge in [-0.1, -0.05) is 36.4 Å². The van der Waals surface area contributed by atoms with Crippen LogP contribution in [0.25, 0.3) is 0 Å². The van der Waals surface area contributed by atoms with Crippen molar-refractivity contribution in [3.63, 3.8) is 0 Å². The Balaban J connectivity index is 1.75. The van der Waals surface area contributed by atoms with Crippen LogP contribution in [-0.2, 0) is 15.9 Å². The zero-order valence-electron chi connectivity index (χ0n) is 12.0. The van der Waals surface area contributed by atoms with Gasteiger partial charge < -0.3 is 14.8 Å². The van der Waals surface area contributed by atoms with Gasteiger partial charge in [0.2, 0.25) is 0 Å². The van der Waals surface area contributed by atoms with Gasteiger partial charge in [-0.25, -0.2) is 0 Å². The molecule has 22 heavy (non-hydrogen) atoms. The summed E-state index contributed by atoms with van der Waals surface area (Å²) in [6.45, 7) is 0.308. The van der Waals surface area contributed by atoms with Gasteiger partial charge >= 0.3 is 0 Å². The number of nitriles is 1. The second kappa shape index (κ2) is 5.45. The molecule has 0 spiro atoms. The van der Waals surface area contributed by atoms with Crippen molar-refractivity contribution in [2.45, 2.75) is 24.7 Å². The smallest absolute Gasteiger partial charge is 0.148 e. The zero-order chi connectivity index (χ0) is 14.9. The van der Waals surface area contributed by atoms with Gasteiger partial charge in [0.15, 0.2) is 0 Å². The van der Waals surface area contributed by atoms with E-state index in [1.54, 1.807) is 0 Å². The Kier molecular flexibility index (Phi) is 3.30. The molecule has 0 saturated carbocycles. The third-order valence-corrected chi connectivity index (χ3v) is 4.31. The average Bonchev–Trinajstić information content (AvgIpc) is 3.05. The monoisotopic (exact) mass is 292 g/mol. The second-order valence-electron chi connectivity index (χ2n) is 5.63. The summed E-state index contributed by atoms with van der Waals surface area (Å²) in [5.41, 5.74) is 4.34. The quantitative estimate of drug-likeness (QED) is 0.922. The van der Waals surface area contributed by atoms with E-state index in [4.69, 9.17) is 14.7 Å². The maximum absolute atomic E-state index is 8.88. The molecule has 4 nitrogen and oxygen atoms in total. The summed E-state index contributed by atoms with van der Waals surface area (Å²) in [6, 6.07) is 18.6. The Labute approximate surface area is 129 Å². The summed E-state index contributed by atoms with van der Waals surface area (Å²) in [5.74, 6) is 0. The van der Waals surface area contributed by atoms with Crippen LogP contribution in [0.3, 0.4) is 0 Å². The Morgan fingerprint density at radius 2 is 2.00 bits per heavy atom. The molecule has 3 unspecified atom stereocenters. The average molecular weight is 292 g/mol. The minimum atomic E-state index is -0.0832. The first kappa shape index (κ1) is 13.3. The van der Waals surface area contributed by atoms with E-state index in [-0.39, 0.29) is 18.2 Å². The lowest BCUT2D eigenvalue weighted by Gasteiger charge is -2.35. The van der Waals surface area contributed by atoms with Gasteiger partial charge in [-0.2, -0.15) is 5.26 Å². The van der Waals surface area contributed by atoms with Crippen molar-refractivity contribution in [3.8, 4) is 6.07 Å². The first-order valence-corrected chi connectivity index (χ1v) is 7.41. The number of hydrogen-bond acceptors (Lipinski definition) is 4. The Morgan fingerprint density at radius 3 is 2.82 bits per heavy atom. The molecule has 0 amide bonds. The van der Waals surface area contributed by atoms with E-state index in [2.05, 4.69) is 29.6 Å². The fourth-order valence-electron chi connectivity index (χ4n) is 3.27. The van der Waals surface area contributed by atoms with Crippen molar-refractivity contribution in [2.75, 3.05) is 12.1 Å². The molecule has 4 rings (SSSR count). The summed E-state index contributed by atoms with van der Waals surface area (Å²) in [7, 11) is 0. The summed E-state index contributed by atoms with van der Waals surface area (Å²) >= 11 is 0. The molecule has 1 N–H and O–H groups in total. The number of ether oxygens (including phenoxy) is 2. The SMILES string of the molecule is N#CCc1ccc2c(c1)C1OCOC1C(c1ccccc1)N2. The van der Waals surface area contributed by atoms with Gasteiger partial charge in [-0.3, -0.25) is 0 Å². The van der Waals surface area contributed by atoms with Crippen molar-refractivity contribution >= 4 is 5.69 Å². The maximum atomic E-state index is 8.88. The number of benzene rings is 2. The molecule has 0 bridgehead atoms. The highest BCUT2D eigenvalue weighted by molar-refractivity contribution is 5.59. The van der Waals surface area contributed by atoms with Crippen molar-refractivity contribution in [2.24, 2.45) is 0 Å². The fourth-order valence-corrected chi connectivity index (χ4v) is 3.27. The van der Waals surface area contributed by atoms with E-state index in [9.17, 15) is 0 Å². The van der Waals surface area contributed by atoms with Gasteiger partial charge in [0.1, 0.15) is 19.0 Å². The van der Waals surface area contributed by atoms with Gasteiger partial charge in [0, 0.05) is 11.3 Å². The number of anilines is 1. The molecule has 0 aliphatic carbocycles. The molecule has 0 radical (unpaired) electrons. The van der Waals surface area contributed by atoms with Crippen molar-refractivity contribution in [1.82, 2.24) is 0 Å². The standard InChI is InChI=1S/C18H16N2O2/c19-9-8-12-6-7-15-14(10-12)17-18(22-11-21-17)16(20-15)13-4-2-1-3-5-13/h1-7,10,16-18,20H,8,11H2. The van der Waals surface area contributed by atoms with Gasteiger partial charge in [0.05, 0.1) is 18.5 Å². The molecule has 1 saturated heterocycles. The summed E-state index contributed by atoms with van der Waals surface area (Å²) < 4.78 is 11.7. The first-order chi connectivity index (χ1) is 10.9. The summed E-state index contributed by atoms with van der Waals surface area (Å²) in [4.78, 5) is 0. The second-order valence-corrected chi connectivity index (χ2v) is 5.63. The molecular weight excluding hydrogens is 276 g/mol. The number of fused-ring (bicyclic) bond motifs is 3. The molecule has 2 aromatic rings. The number of rotatable bonds is 2. The summed E-state index contributed by atoms with van der Waals surface area (Å²) in [5, 5.41) is 12.4. The van der Waals surface area contributed by atoms with Crippen molar-refractivity contribution in [1.29, 1.82) is 5.26 Å². The highest BCUT2D eigenvalue weighted by Crippen LogP contribution is 2.45. The molecule has 2 aliphatic heterocycles. The minimum absolute atomic E-state index is 0.0489. The van der Waals surface area contributed by atoms with Crippen LogP contribution in [-0.4, -0.2) is 12.9 Å². The first-order valence-electron chi connectivity index (χ1n) is 7.41. The van der Waals surface area contributed by atoms with Crippen molar-refractivity contribution < 1.29 is 9.47 Å². The predicted octanol–water partition coefficient (Wildman–Crippen LogP) is 3.33. The van der Waals surface area contributed by atoms with Crippen LogP contribution in [0.2, 0.25) is 0 Å². The van der Waals surface area contributed by atoms with Crippen LogP contribution < -0.4 is 5.32 Å². The van der Waals surface area contributed by atoms with Crippen LogP contribution in [0.15, 0.2) is 48.5 Å². The predicted molar refractivity (Wildman–Crippen MR) is 82.1 cm³/mol. The van der Waals surface area contributed by atoms with Crippen LogP contribution in [0.4, 0.5) is 5.69 Å². The number of nitrogens with one attached hydrogen (secondary N) is 1. The van der Waals surface area contributed by atoms with Gasteiger partial charge in [0.25, 0.3) is 0 Å². The molecule has 110 valence electrons. The van der Waals surface area contributed by atoms with E-state index in [1.807, 2.05) is 30.3 Å². The van der Waals surface area contributed by atoms with Gasteiger partial charge in [-0.15, -0.1) is 0 Å². The highest BCUT2D eigenvalue weighted by atomic mass is 16.7. The van der Waals surface area contributed by atoms with E-state index in [0.717, 1.165) is 16.8 Å². The van der Waals surface area contributed by atoms with Crippen LogP contribution >= 0.6 is 0 Å². The molecule has 0 aromatic heterocycles. The van der Waals surface area contributed by atoms with Crippen molar-refractivity contribution in [3.05, 3.63) is 65.2 Å². The summed E-state index contributed by atoms with van der Waals surface area (Å²) in [6.07, 6.45) is 0.278. The molecule has 1 fully saturated rings. The molecular formula is C18H16N2O2. The zero-order valence-corrected chi connectivity index (χ0v) is 12.0. The molecule has 3 atom stereocenters. The third-order valence-electron chi connectivity index (χ3n) is 4.31. The van der Waals surface area contributed by atoms with Crippen LogP contribution in [0.5, 0.6) is 0 Å². The Morgan fingerprint density at radius 1 is 1.14 bits per heavy atom. The fraction of sp³-hybridized carbons (Fsp3) is 0.278. The number of hydrogen-bond donors (Lipinski definition) is 1. The topological polar surface area (TPSA) is 54.3 Å². The molecule has 2 aliphatic rings. The third kappa shape index (κ3) is 2.16. The molecule has 2 aromatic carbocycles.